The van der Waals surface area contributed by atoms with Gasteiger partial charge in [-0.25, -0.2) is 4.98 Å². The molecule has 0 unspecified atom stereocenters. The highest BCUT2D eigenvalue weighted by atomic mass is 16.5. The molecular formula is C21H25N3O5. The molecule has 0 radical (unpaired) electrons. The minimum atomic E-state index is -0.224. The summed E-state index contributed by atoms with van der Waals surface area (Å²) in [7, 11) is 8.25. The third-order valence-corrected chi connectivity index (χ3v) is 4.60. The molecule has 1 heterocycles. The van der Waals surface area contributed by atoms with Crippen molar-refractivity contribution in [2.75, 3.05) is 35.5 Å². The number of para-hydroxylation sites is 1. The van der Waals surface area contributed by atoms with Crippen molar-refractivity contribution >= 4 is 10.9 Å². The number of aromatic nitrogens is 2. The number of nitrogens with zero attached hydrogens (tertiary/aromatic N) is 2. The van der Waals surface area contributed by atoms with E-state index in [0.29, 0.717) is 52.8 Å². The van der Waals surface area contributed by atoms with Crippen LogP contribution in [0.3, 0.4) is 0 Å². The van der Waals surface area contributed by atoms with Crippen LogP contribution in [0.25, 0.3) is 10.9 Å². The zero-order valence-electron chi connectivity index (χ0n) is 17.2. The summed E-state index contributed by atoms with van der Waals surface area (Å²) in [6.45, 7) is 1.04. The minimum Gasteiger partial charge on any atom is -0.493 e. The number of H-pyrrole nitrogens is 1. The Kier molecular flexibility index (Phi) is 6.23. The smallest absolute Gasteiger partial charge is 0.258 e. The van der Waals surface area contributed by atoms with Crippen molar-refractivity contribution in [3.05, 3.63) is 52.1 Å². The molecule has 29 heavy (non-hydrogen) atoms. The van der Waals surface area contributed by atoms with Crippen LogP contribution in [0.15, 0.2) is 35.1 Å². The highest BCUT2D eigenvalue weighted by molar-refractivity contribution is 5.81. The summed E-state index contributed by atoms with van der Waals surface area (Å²) in [4.78, 5) is 22.0. The van der Waals surface area contributed by atoms with Crippen LogP contribution in [0.4, 0.5) is 0 Å². The number of rotatable bonds is 8. The molecule has 1 aromatic heterocycles. The SMILES string of the molecule is COc1cc2nc(CN(C)Cc3cccc(OC)c3OC)[nH]c(=O)c2cc1OC. The second-order valence-corrected chi connectivity index (χ2v) is 6.56. The fraction of sp³-hybridized carbons (Fsp3) is 0.333. The van der Waals surface area contributed by atoms with E-state index in [1.165, 1.54) is 7.11 Å². The molecule has 3 aromatic rings. The second kappa shape index (κ2) is 8.83. The summed E-state index contributed by atoms with van der Waals surface area (Å²) < 4.78 is 21.4. The lowest BCUT2D eigenvalue weighted by Crippen LogP contribution is -2.22. The summed E-state index contributed by atoms with van der Waals surface area (Å²) >= 11 is 0. The third-order valence-electron chi connectivity index (χ3n) is 4.60. The predicted molar refractivity (Wildman–Crippen MR) is 110 cm³/mol. The van der Waals surface area contributed by atoms with Gasteiger partial charge in [-0.3, -0.25) is 9.69 Å². The van der Waals surface area contributed by atoms with Crippen LogP contribution < -0.4 is 24.5 Å². The zero-order valence-corrected chi connectivity index (χ0v) is 17.2. The number of hydrogen-bond acceptors (Lipinski definition) is 7. The quantitative estimate of drug-likeness (QED) is 0.623. The molecule has 0 saturated carbocycles. The Labute approximate surface area is 169 Å². The summed E-state index contributed by atoms with van der Waals surface area (Å²) in [5.41, 5.74) is 1.30. The average Bonchev–Trinajstić information content (AvgIpc) is 2.72. The lowest BCUT2D eigenvalue weighted by atomic mass is 10.1. The maximum atomic E-state index is 12.5. The second-order valence-electron chi connectivity index (χ2n) is 6.56. The number of fused-ring (bicyclic) bond motifs is 1. The number of ether oxygens (including phenoxy) is 4. The number of aromatic amines is 1. The van der Waals surface area contributed by atoms with Gasteiger partial charge in [-0.05, 0) is 19.2 Å². The summed E-state index contributed by atoms with van der Waals surface area (Å²) in [5, 5.41) is 0.448. The largest absolute Gasteiger partial charge is 0.493 e. The van der Waals surface area contributed by atoms with Crippen LogP contribution >= 0.6 is 0 Å². The van der Waals surface area contributed by atoms with Gasteiger partial charge in [0.1, 0.15) is 5.82 Å². The van der Waals surface area contributed by atoms with E-state index < -0.39 is 0 Å². The summed E-state index contributed by atoms with van der Waals surface area (Å²) in [5.74, 6) is 2.94. The lowest BCUT2D eigenvalue weighted by Gasteiger charge is -2.19. The van der Waals surface area contributed by atoms with E-state index in [2.05, 4.69) is 9.97 Å². The number of methoxy groups -OCH3 is 4. The van der Waals surface area contributed by atoms with Crippen LogP contribution in [-0.2, 0) is 13.1 Å². The highest BCUT2D eigenvalue weighted by Crippen LogP contribution is 2.32. The van der Waals surface area contributed by atoms with Crippen molar-refractivity contribution in [2.45, 2.75) is 13.1 Å². The van der Waals surface area contributed by atoms with Crippen LogP contribution in [0.1, 0.15) is 11.4 Å². The molecule has 0 amide bonds. The molecule has 0 atom stereocenters. The Morgan fingerprint density at radius 3 is 2.28 bits per heavy atom. The van der Waals surface area contributed by atoms with Crippen molar-refractivity contribution in [2.24, 2.45) is 0 Å². The van der Waals surface area contributed by atoms with Gasteiger partial charge < -0.3 is 23.9 Å². The molecule has 154 valence electrons. The first kappa shape index (κ1) is 20.5. The molecule has 0 spiro atoms. The number of nitrogens with one attached hydrogen (secondary N) is 1. The van der Waals surface area contributed by atoms with E-state index in [9.17, 15) is 4.79 Å². The lowest BCUT2D eigenvalue weighted by molar-refractivity contribution is 0.297. The molecule has 3 rings (SSSR count). The molecule has 0 aliphatic rings. The fourth-order valence-corrected chi connectivity index (χ4v) is 3.27. The van der Waals surface area contributed by atoms with E-state index in [1.807, 2.05) is 30.1 Å². The summed E-state index contributed by atoms with van der Waals surface area (Å²) in [6.07, 6.45) is 0. The van der Waals surface area contributed by atoms with E-state index in [0.717, 1.165) is 5.56 Å². The Morgan fingerprint density at radius 1 is 0.931 bits per heavy atom. The van der Waals surface area contributed by atoms with Crippen LogP contribution in [0.2, 0.25) is 0 Å². The van der Waals surface area contributed by atoms with Crippen molar-refractivity contribution in [3.63, 3.8) is 0 Å². The Balaban J connectivity index is 1.87. The maximum Gasteiger partial charge on any atom is 0.258 e. The first-order valence-electron chi connectivity index (χ1n) is 9.04. The first-order chi connectivity index (χ1) is 14.0. The zero-order chi connectivity index (χ0) is 21.0. The number of hydrogen-bond donors (Lipinski definition) is 1. The van der Waals surface area contributed by atoms with Crippen LogP contribution in [0.5, 0.6) is 23.0 Å². The molecule has 0 saturated heterocycles. The maximum absolute atomic E-state index is 12.5. The average molecular weight is 399 g/mol. The fourth-order valence-electron chi connectivity index (χ4n) is 3.27. The van der Waals surface area contributed by atoms with Crippen molar-refractivity contribution in [1.29, 1.82) is 0 Å². The van der Waals surface area contributed by atoms with Gasteiger partial charge >= 0.3 is 0 Å². The van der Waals surface area contributed by atoms with Crippen LogP contribution in [-0.4, -0.2) is 50.4 Å². The molecule has 0 aliphatic heterocycles. The molecule has 0 fully saturated rings. The van der Waals surface area contributed by atoms with Crippen molar-refractivity contribution in [3.8, 4) is 23.0 Å². The molecule has 8 nitrogen and oxygen atoms in total. The standard InChI is InChI=1S/C21H25N3O5/c1-24(11-13-7-6-8-16(26-2)20(13)29-5)12-19-22-15-10-18(28-4)17(27-3)9-14(15)21(25)23-19/h6-10H,11-12H2,1-5H3,(H,22,23,25). The van der Waals surface area contributed by atoms with Gasteiger partial charge in [0.25, 0.3) is 5.56 Å². The predicted octanol–water partition coefficient (Wildman–Crippen LogP) is 2.59. The van der Waals surface area contributed by atoms with Gasteiger partial charge in [0.2, 0.25) is 0 Å². The van der Waals surface area contributed by atoms with Gasteiger partial charge in [-0.1, -0.05) is 12.1 Å². The van der Waals surface area contributed by atoms with Gasteiger partial charge in [0.05, 0.1) is 45.9 Å². The Morgan fingerprint density at radius 2 is 1.62 bits per heavy atom. The van der Waals surface area contributed by atoms with Crippen LogP contribution in [0, 0.1) is 0 Å². The molecule has 1 N–H and O–H groups in total. The van der Waals surface area contributed by atoms with E-state index in [1.54, 1.807) is 33.5 Å². The van der Waals surface area contributed by atoms with Gasteiger partial charge in [0.15, 0.2) is 23.0 Å². The molecular weight excluding hydrogens is 374 g/mol. The van der Waals surface area contributed by atoms with E-state index >= 15 is 0 Å². The molecule has 2 aromatic carbocycles. The molecule has 0 bridgehead atoms. The van der Waals surface area contributed by atoms with Crippen molar-refractivity contribution < 1.29 is 18.9 Å². The minimum absolute atomic E-state index is 0.224. The van der Waals surface area contributed by atoms with Gasteiger partial charge in [-0.2, -0.15) is 0 Å². The van der Waals surface area contributed by atoms with E-state index in [-0.39, 0.29) is 5.56 Å². The van der Waals surface area contributed by atoms with Crippen molar-refractivity contribution in [1.82, 2.24) is 14.9 Å². The highest BCUT2D eigenvalue weighted by Gasteiger charge is 2.14. The molecule has 0 aliphatic carbocycles. The normalized spacial score (nSPS) is 11.0. The topological polar surface area (TPSA) is 85.9 Å². The number of benzene rings is 2. The first-order valence-corrected chi connectivity index (χ1v) is 9.04. The monoisotopic (exact) mass is 399 g/mol. The Hall–Kier alpha value is -3.26. The molecule has 8 heteroatoms. The van der Waals surface area contributed by atoms with Gasteiger partial charge in [-0.15, -0.1) is 0 Å². The summed E-state index contributed by atoms with van der Waals surface area (Å²) in [6, 6.07) is 9.09. The Bertz CT molecular complexity index is 1060. The van der Waals surface area contributed by atoms with E-state index in [4.69, 9.17) is 18.9 Å². The van der Waals surface area contributed by atoms with Gasteiger partial charge in [0, 0.05) is 18.2 Å². The third kappa shape index (κ3) is 4.27.